The molecule has 0 spiro atoms. The fourth-order valence-corrected chi connectivity index (χ4v) is 3.36. The molecule has 0 aliphatic heterocycles. The summed E-state index contributed by atoms with van der Waals surface area (Å²) in [5.74, 6) is 0.546. The Morgan fingerprint density at radius 2 is 2.12 bits per heavy atom. The average Bonchev–Trinajstić information content (AvgIpc) is 2.29. The van der Waals surface area contributed by atoms with E-state index < -0.39 is 0 Å². The van der Waals surface area contributed by atoms with E-state index in [4.69, 9.17) is 0 Å². The van der Waals surface area contributed by atoms with Crippen molar-refractivity contribution in [3.8, 4) is 0 Å². The van der Waals surface area contributed by atoms with E-state index in [-0.39, 0.29) is 5.43 Å². The monoisotopic (exact) mass is 228 g/mol. The van der Waals surface area contributed by atoms with Gasteiger partial charge < -0.3 is 0 Å². The maximum Gasteiger partial charge on any atom is 0.195 e. The van der Waals surface area contributed by atoms with E-state index in [0.717, 1.165) is 26.3 Å². The fourth-order valence-electron chi connectivity index (χ4n) is 2.12. The first-order valence-corrected chi connectivity index (χ1v) is 6.31. The molecule has 0 fully saturated rings. The summed E-state index contributed by atoms with van der Waals surface area (Å²) in [6, 6.07) is 7.85. The van der Waals surface area contributed by atoms with Crippen molar-refractivity contribution in [2.75, 3.05) is 0 Å². The lowest BCUT2D eigenvalue weighted by Gasteiger charge is -2.07. The van der Waals surface area contributed by atoms with Crippen LogP contribution in [0.2, 0.25) is 0 Å². The number of rotatable bonds is 0. The molecule has 1 aromatic carbocycles. The molecule has 3 rings (SSSR count). The van der Waals surface area contributed by atoms with Crippen LogP contribution in [0.4, 0.5) is 0 Å². The molecule has 1 aromatic heterocycles. The molecule has 0 amide bonds. The van der Waals surface area contributed by atoms with Crippen molar-refractivity contribution < 1.29 is 0 Å². The minimum Gasteiger partial charge on any atom is -0.289 e. The number of hydrogen-bond donors (Lipinski definition) is 0. The summed E-state index contributed by atoms with van der Waals surface area (Å²) in [6.45, 7) is 2.19. The molecule has 1 aliphatic carbocycles. The van der Waals surface area contributed by atoms with Gasteiger partial charge in [-0.05, 0) is 24.5 Å². The molecular weight excluding hydrogens is 216 g/mol. The zero-order valence-corrected chi connectivity index (χ0v) is 9.88. The lowest BCUT2D eigenvalue weighted by molar-refractivity contribution is 0.802. The van der Waals surface area contributed by atoms with Crippen molar-refractivity contribution in [3.63, 3.8) is 0 Å². The van der Waals surface area contributed by atoms with Gasteiger partial charge in [0.25, 0.3) is 0 Å². The van der Waals surface area contributed by atoms with Crippen LogP contribution in [0.15, 0.2) is 29.1 Å². The van der Waals surface area contributed by atoms with Crippen molar-refractivity contribution in [2.24, 2.45) is 5.92 Å². The summed E-state index contributed by atoms with van der Waals surface area (Å²) in [4.78, 5) is 12.2. The van der Waals surface area contributed by atoms with Crippen LogP contribution in [0.3, 0.4) is 0 Å². The van der Waals surface area contributed by atoms with Gasteiger partial charge in [0.2, 0.25) is 0 Å². The van der Waals surface area contributed by atoms with Crippen LogP contribution in [-0.2, 0) is 0 Å². The zero-order chi connectivity index (χ0) is 11.1. The Hall–Kier alpha value is -1.41. The molecule has 1 heterocycles. The SMILES string of the molecule is CC1C=c2sc3ccccc3c(=O)c2=CC1. The van der Waals surface area contributed by atoms with Crippen molar-refractivity contribution in [1.82, 2.24) is 0 Å². The van der Waals surface area contributed by atoms with E-state index in [1.165, 1.54) is 0 Å². The van der Waals surface area contributed by atoms with Gasteiger partial charge >= 0.3 is 0 Å². The highest BCUT2D eigenvalue weighted by molar-refractivity contribution is 7.16. The molecule has 16 heavy (non-hydrogen) atoms. The van der Waals surface area contributed by atoms with Crippen LogP contribution < -0.4 is 15.2 Å². The molecule has 1 aliphatic rings. The van der Waals surface area contributed by atoms with Crippen molar-refractivity contribution in [3.05, 3.63) is 44.2 Å². The molecule has 2 aromatic rings. The summed E-state index contributed by atoms with van der Waals surface area (Å²) in [7, 11) is 0. The summed E-state index contributed by atoms with van der Waals surface area (Å²) in [5, 5.41) is 1.76. The summed E-state index contributed by atoms with van der Waals surface area (Å²) < 4.78 is 2.23. The molecule has 0 saturated carbocycles. The van der Waals surface area contributed by atoms with Gasteiger partial charge in [0.05, 0.1) is 0 Å². The zero-order valence-electron chi connectivity index (χ0n) is 9.07. The summed E-state index contributed by atoms with van der Waals surface area (Å²) in [6.07, 6.45) is 5.28. The number of fused-ring (bicyclic) bond motifs is 2. The van der Waals surface area contributed by atoms with Crippen molar-refractivity contribution >= 4 is 33.6 Å². The normalized spacial score (nSPS) is 18.7. The molecule has 0 N–H and O–H groups in total. The average molecular weight is 228 g/mol. The lowest BCUT2D eigenvalue weighted by atomic mass is 10.0. The van der Waals surface area contributed by atoms with E-state index in [2.05, 4.69) is 19.1 Å². The van der Waals surface area contributed by atoms with Gasteiger partial charge in [0.1, 0.15) is 0 Å². The molecule has 0 saturated heterocycles. The minimum atomic E-state index is 0.188. The molecule has 0 bridgehead atoms. The maximum atomic E-state index is 12.2. The van der Waals surface area contributed by atoms with E-state index in [9.17, 15) is 4.79 Å². The van der Waals surface area contributed by atoms with Crippen LogP contribution >= 0.6 is 11.3 Å². The Bertz CT molecular complexity index is 724. The molecule has 1 nitrogen and oxygen atoms in total. The number of benzene rings is 1. The first-order chi connectivity index (χ1) is 7.75. The first-order valence-electron chi connectivity index (χ1n) is 5.49. The third kappa shape index (κ3) is 1.41. The Balaban J connectivity index is 2.57. The van der Waals surface area contributed by atoms with Crippen LogP contribution in [0, 0.1) is 5.92 Å². The van der Waals surface area contributed by atoms with Gasteiger partial charge in [-0.1, -0.05) is 31.2 Å². The second-order valence-corrected chi connectivity index (χ2v) is 5.37. The molecule has 80 valence electrons. The molecule has 0 radical (unpaired) electrons. The quantitative estimate of drug-likeness (QED) is 0.672. The Morgan fingerprint density at radius 1 is 1.31 bits per heavy atom. The standard InChI is InChI=1S/C14H12OS/c1-9-6-7-11-13(8-9)16-12-5-3-2-4-10(12)14(11)15/h2-5,7-9H,6H2,1H3. The lowest BCUT2D eigenvalue weighted by Crippen LogP contribution is -2.39. The predicted molar refractivity (Wildman–Crippen MR) is 70.1 cm³/mol. The van der Waals surface area contributed by atoms with Gasteiger partial charge in [-0.3, -0.25) is 4.79 Å². The topological polar surface area (TPSA) is 17.1 Å². The summed E-state index contributed by atoms with van der Waals surface area (Å²) in [5.41, 5.74) is 0.188. The van der Waals surface area contributed by atoms with Gasteiger partial charge in [0.15, 0.2) is 5.43 Å². The minimum absolute atomic E-state index is 0.188. The second-order valence-electron chi connectivity index (χ2n) is 4.29. The Labute approximate surface area is 97.4 Å². The predicted octanol–water partition coefficient (Wildman–Crippen LogP) is 1.86. The van der Waals surface area contributed by atoms with E-state index in [1.54, 1.807) is 11.3 Å². The largest absolute Gasteiger partial charge is 0.289 e. The summed E-state index contributed by atoms with van der Waals surface area (Å²) >= 11 is 1.72. The van der Waals surface area contributed by atoms with Gasteiger partial charge in [-0.15, -0.1) is 11.3 Å². The van der Waals surface area contributed by atoms with Gasteiger partial charge in [-0.25, -0.2) is 0 Å². The van der Waals surface area contributed by atoms with Crippen LogP contribution in [-0.4, -0.2) is 0 Å². The molecule has 1 unspecified atom stereocenters. The Kier molecular flexibility index (Phi) is 2.18. The van der Waals surface area contributed by atoms with Crippen LogP contribution in [0.5, 0.6) is 0 Å². The highest BCUT2D eigenvalue weighted by atomic mass is 32.1. The van der Waals surface area contributed by atoms with Crippen LogP contribution in [0.25, 0.3) is 22.2 Å². The van der Waals surface area contributed by atoms with Crippen molar-refractivity contribution in [2.45, 2.75) is 13.3 Å². The third-order valence-corrected chi connectivity index (χ3v) is 4.14. The Morgan fingerprint density at radius 3 is 3.00 bits per heavy atom. The highest BCUT2D eigenvalue weighted by Gasteiger charge is 2.07. The molecule has 1 atom stereocenters. The number of hydrogen-bond acceptors (Lipinski definition) is 2. The van der Waals surface area contributed by atoms with Gasteiger partial charge in [0, 0.05) is 19.8 Å². The van der Waals surface area contributed by atoms with E-state index in [1.807, 2.05) is 24.3 Å². The molecule has 2 heteroatoms. The van der Waals surface area contributed by atoms with E-state index >= 15 is 0 Å². The second kappa shape index (κ2) is 3.56. The maximum absolute atomic E-state index is 12.2. The van der Waals surface area contributed by atoms with Crippen LogP contribution in [0.1, 0.15) is 13.3 Å². The van der Waals surface area contributed by atoms with Gasteiger partial charge in [-0.2, -0.15) is 0 Å². The molecular formula is C14H12OS. The smallest absolute Gasteiger partial charge is 0.195 e. The highest BCUT2D eigenvalue weighted by Crippen LogP contribution is 2.12. The van der Waals surface area contributed by atoms with Crippen molar-refractivity contribution in [1.29, 1.82) is 0 Å². The first kappa shape index (κ1) is 9.79. The fraction of sp³-hybridized carbons (Fsp3) is 0.214. The van der Waals surface area contributed by atoms with E-state index in [0.29, 0.717) is 5.92 Å². The third-order valence-electron chi connectivity index (χ3n) is 2.99.